The van der Waals surface area contributed by atoms with Crippen LogP contribution >= 0.6 is 0 Å². The molecule has 0 amide bonds. The number of nitriles is 1. The minimum atomic E-state index is 0.531. The standard InChI is InChI=1S/C64H45N5/c1-40-22-26-53(42(3)30-40)49-24-28-61-57(34-49)58-35-50(54-27-23-41(2)31-43(54)4)25-29-62(58)69(61)63-55(47-19-12-14-44(32-47)39-65)36-51(37-56(63)48-20-13-21-52(33-48)66-5)64-67-59(45-15-8-6-9-16-45)38-60(68-64)46-17-10-7-11-18-46/h6-38H,1-4H3. The summed E-state index contributed by atoms with van der Waals surface area (Å²) in [4.78, 5) is 14.5. The van der Waals surface area contributed by atoms with E-state index in [4.69, 9.17) is 16.5 Å². The first-order chi connectivity index (χ1) is 33.7. The molecule has 0 spiro atoms. The fourth-order valence-corrected chi connectivity index (χ4v) is 9.91. The molecule has 0 aliphatic rings. The summed E-state index contributed by atoms with van der Waals surface area (Å²) in [6.45, 7) is 16.8. The smallest absolute Gasteiger partial charge is 0.187 e. The summed E-state index contributed by atoms with van der Waals surface area (Å²) in [6.07, 6.45) is 0. The zero-order valence-corrected chi connectivity index (χ0v) is 38.8. The molecule has 0 radical (unpaired) electrons. The van der Waals surface area contributed by atoms with Crippen molar-refractivity contribution in [2.24, 2.45) is 0 Å². The van der Waals surface area contributed by atoms with E-state index in [-0.39, 0.29) is 0 Å². The van der Waals surface area contributed by atoms with Crippen molar-refractivity contribution < 1.29 is 0 Å². The van der Waals surface area contributed by atoms with Gasteiger partial charge in [0, 0.05) is 38.6 Å². The maximum atomic E-state index is 10.4. The Balaban J connectivity index is 1.27. The van der Waals surface area contributed by atoms with Gasteiger partial charge in [0.05, 0.1) is 46.3 Å². The van der Waals surface area contributed by atoms with Gasteiger partial charge in [-0.1, -0.05) is 151 Å². The number of hydrogen-bond donors (Lipinski definition) is 0. The molecule has 0 fully saturated rings. The largest absolute Gasteiger partial charge is 0.308 e. The second-order valence-corrected chi connectivity index (χ2v) is 17.9. The normalized spacial score (nSPS) is 11.2. The molecular formula is C64H45N5. The van der Waals surface area contributed by atoms with Crippen molar-refractivity contribution in [1.29, 1.82) is 5.26 Å². The Labute approximate surface area is 402 Å². The van der Waals surface area contributed by atoms with E-state index in [1.807, 2.05) is 72.8 Å². The summed E-state index contributed by atoms with van der Waals surface area (Å²) in [5, 5.41) is 12.6. The van der Waals surface area contributed by atoms with Crippen LogP contribution in [0.15, 0.2) is 200 Å². The molecule has 0 atom stereocenters. The lowest BCUT2D eigenvalue weighted by Crippen LogP contribution is -2.03. The van der Waals surface area contributed by atoms with E-state index in [1.165, 1.54) is 33.4 Å². The molecule has 326 valence electrons. The summed E-state index contributed by atoms with van der Waals surface area (Å²) in [5.74, 6) is 0.556. The molecule has 0 saturated carbocycles. The number of aryl methyl sites for hydroxylation is 4. The fourth-order valence-electron chi connectivity index (χ4n) is 9.91. The van der Waals surface area contributed by atoms with Crippen LogP contribution in [-0.2, 0) is 0 Å². The second kappa shape index (κ2) is 17.6. The number of fused-ring (bicyclic) bond motifs is 3. The third-order valence-corrected chi connectivity index (χ3v) is 13.2. The minimum absolute atomic E-state index is 0.531. The van der Waals surface area contributed by atoms with E-state index < -0.39 is 0 Å². The van der Waals surface area contributed by atoms with Gasteiger partial charge in [-0.15, -0.1) is 0 Å². The maximum Gasteiger partial charge on any atom is 0.187 e. The van der Waals surface area contributed by atoms with Gasteiger partial charge in [0.1, 0.15) is 0 Å². The molecule has 2 aromatic heterocycles. The number of hydrogen-bond acceptors (Lipinski definition) is 3. The lowest BCUT2D eigenvalue weighted by molar-refractivity contribution is 1.17. The quantitative estimate of drug-likeness (QED) is 0.143. The fraction of sp³-hybridized carbons (Fsp3) is 0.0625. The van der Waals surface area contributed by atoms with Crippen molar-refractivity contribution in [2.75, 3.05) is 0 Å². The highest BCUT2D eigenvalue weighted by atomic mass is 15.0. The molecule has 0 N–H and O–H groups in total. The zero-order chi connectivity index (χ0) is 47.2. The second-order valence-electron chi connectivity index (χ2n) is 17.9. The van der Waals surface area contributed by atoms with Crippen molar-refractivity contribution in [1.82, 2.24) is 14.5 Å². The Hall–Kier alpha value is -9.16. The molecule has 5 nitrogen and oxygen atoms in total. The van der Waals surface area contributed by atoms with E-state index in [2.05, 4.69) is 171 Å². The van der Waals surface area contributed by atoms with Gasteiger partial charge in [-0.2, -0.15) is 5.26 Å². The monoisotopic (exact) mass is 883 g/mol. The number of nitrogens with zero attached hydrogens (tertiary/aromatic N) is 5. The van der Waals surface area contributed by atoms with Gasteiger partial charge in [0.25, 0.3) is 0 Å². The van der Waals surface area contributed by atoms with Gasteiger partial charge in [0.2, 0.25) is 0 Å². The highest BCUT2D eigenvalue weighted by Gasteiger charge is 2.24. The average molecular weight is 884 g/mol. The molecule has 0 unspecified atom stereocenters. The molecule has 2 heterocycles. The van der Waals surface area contributed by atoms with Crippen LogP contribution < -0.4 is 0 Å². The highest BCUT2D eigenvalue weighted by Crippen LogP contribution is 2.46. The number of benzene rings is 9. The van der Waals surface area contributed by atoms with Gasteiger partial charge >= 0.3 is 0 Å². The van der Waals surface area contributed by atoms with Crippen molar-refractivity contribution in [3.05, 3.63) is 239 Å². The van der Waals surface area contributed by atoms with Crippen LogP contribution in [0, 0.1) is 45.6 Å². The third-order valence-electron chi connectivity index (χ3n) is 13.2. The summed E-state index contributed by atoms with van der Waals surface area (Å²) >= 11 is 0. The maximum absolute atomic E-state index is 10.4. The van der Waals surface area contributed by atoms with Crippen LogP contribution in [0.2, 0.25) is 0 Å². The molecule has 11 aromatic rings. The Morgan fingerprint density at radius 3 is 1.43 bits per heavy atom. The van der Waals surface area contributed by atoms with Crippen LogP contribution in [0.1, 0.15) is 27.8 Å². The highest BCUT2D eigenvalue weighted by molar-refractivity contribution is 6.13. The molecule has 5 heteroatoms. The Morgan fingerprint density at radius 1 is 0.435 bits per heavy atom. The van der Waals surface area contributed by atoms with Crippen LogP contribution in [0.4, 0.5) is 5.69 Å². The van der Waals surface area contributed by atoms with Crippen molar-refractivity contribution in [2.45, 2.75) is 27.7 Å². The van der Waals surface area contributed by atoms with Crippen LogP contribution in [0.3, 0.4) is 0 Å². The molecule has 69 heavy (non-hydrogen) atoms. The van der Waals surface area contributed by atoms with Crippen LogP contribution in [-0.4, -0.2) is 14.5 Å². The van der Waals surface area contributed by atoms with Crippen molar-refractivity contribution >= 4 is 27.5 Å². The van der Waals surface area contributed by atoms with Gasteiger partial charge in [-0.25, -0.2) is 14.8 Å². The topological polar surface area (TPSA) is 58.9 Å². The minimum Gasteiger partial charge on any atom is -0.308 e. The lowest BCUT2D eigenvalue weighted by Gasteiger charge is -2.21. The summed E-state index contributed by atoms with van der Waals surface area (Å²) in [7, 11) is 0. The molecule has 9 aromatic carbocycles. The predicted octanol–water partition coefficient (Wildman–Crippen LogP) is 16.9. The molecule has 11 rings (SSSR count). The van der Waals surface area contributed by atoms with Gasteiger partial charge < -0.3 is 4.57 Å². The van der Waals surface area contributed by atoms with E-state index in [9.17, 15) is 5.26 Å². The van der Waals surface area contributed by atoms with Crippen molar-refractivity contribution in [3.8, 4) is 90.2 Å². The first-order valence-electron chi connectivity index (χ1n) is 23.1. The Morgan fingerprint density at radius 2 is 0.928 bits per heavy atom. The molecular weight excluding hydrogens is 839 g/mol. The molecule has 0 aliphatic heterocycles. The summed E-state index contributed by atoms with van der Waals surface area (Å²) in [6, 6.07) is 71.9. The lowest BCUT2D eigenvalue weighted by atomic mass is 9.91. The van der Waals surface area contributed by atoms with Crippen molar-refractivity contribution in [3.63, 3.8) is 0 Å². The van der Waals surface area contributed by atoms with Crippen LogP contribution in [0.25, 0.3) is 111 Å². The summed E-state index contributed by atoms with van der Waals surface area (Å²) < 4.78 is 2.39. The van der Waals surface area contributed by atoms with E-state index in [0.29, 0.717) is 17.1 Å². The van der Waals surface area contributed by atoms with Gasteiger partial charge in [-0.3, -0.25) is 0 Å². The average Bonchev–Trinajstić information content (AvgIpc) is 3.71. The first-order valence-corrected chi connectivity index (χ1v) is 23.1. The molecule has 0 bridgehead atoms. The third kappa shape index (κ3) is 7.93. The predicted molar refractivity (Wildman–Crippen MR) is 284 cm³/mol. The zero-order valence-electron chi connectivity index (χ0n) is 38.8. The molecule has 0 saturated heterocycles. The van der Waals surface area contributed by atoms with Gasteiger partial charge in [0.15, 0.2) is 11.5 Å². The summed E-state index contributed by atoms with van der Waals surface area (Å²) in [5.41, 5.74) is 21.5. The number of aromatic nitrogens is 3. The van der Waals surface area contributed by atoms with E-state index >= 15 is 0 Å². The van der Waals surface area contributed by atoms with E-state index in [1.54, 1.807) is 0 Å². The first kappa shape index (κ1) is 42.5. The Kier molecular flexibility index (Phi) is 10.8. The van der Waals surface area contributed by atoms with Gasteiger partial charge in [-0.05, 0) is 133 Å². The molecule has 0 aliphatic carbocycles. The SMILES string of the molecule is [C-]#[N+]c1cccc(-c2cc(-c3nc(-c4ccccc4)cc(-c4ccccc4)n3)cc(-c3cccc(C#N)c3)c2-n2c3ccc(-c4ccc(C)cc4C)cc3c3cc(-c4ccc(C)cc4C)ccc32)c1. The number of rotatable bonds is 8. The Bertz CT molecular complexity index is 3660. The van der Waals surface area contributed by atoms with Crippen LogP contribution in [0.5, 0.6) is 0 Å². The van der Waals surface area contributed by atoms with E-state index in [0.717, 1.165) is 89.0 Å².